The second-order valence-corrected chi connectivity index (χ2v) is 10.9. The van der Waals surface area contributed by atoms with Gasteiger partial charge >= 0.3 is 6.03 Å². The zero-order chi connectivity index (χ0) is 22.2. The van der Waals surface area contributed by atoms with Crippen molar-refractivity contribution in [2.45, 2.75) is 65.5 Å². The average molecular weight is 427 g/mol. The lowest BCUT2D eigenvalue weighted by molar-refractivity contribution is -0.134. The number of nitrogens with zero attached hydrogens (tertiary/aromatic N) is 3. The molecule has 4 rings (SSSR count). The van der Waals surface area contributed by atoms with E-state index in [1.54, 1.807) is 0 Å². The van der Waals surface area contributed by atoms with Gasteiger partial charge in [-0.25, -0.2) is 9.69 Å². The third-order valence-corrected chi connectivity index (χ3v) is 7.60. The van der Waals surface area contributed by atoms with E-state index in [1.165, 1.54) is 16.0 Å². The van der Waals surface area contributed by atoms with Gasteiger partial charge in [-0.3, -0.25) is 14.6 Å². The van der Waals surface area contributed by atoms with Crippen molar-refractivity contribution in [3.8, 4) is 0 Å². The summed E-state index contributed by atoms with van der Waals surface area (Å²) in [6.07, 6.45) is 3.53. The third-order valence-electron chi connectivity index (χ3n) is 7.60. The topological polar surface area (TPSA) is 55.9 Å². The molecule has 6 heteroatoms. The zero-order valence-electron chi connectivity index (χ0n) is 19.6. The molecule has 3 amide bonds. The summed E-state index contributed by atoms with van der Waals surface area (Å²) in [4.78, 5) is 32.1. The molecule has 0 aromatic heterocycles. The predicted octanol–water partition coefficient (Wildman–Crippen LogP) is 3.60. The lowest BCUT2D eigenvalue weighted by Crippen LogP contribution is -2.53. The molecule has 1 spiro atoms. The van der Waals surface area contributed by atoms with Crippen LogP contribution in [0, 0.1) is 18.3 Å². The van der Waals surface area contributed by atoms with Gasteiger partial charge in [0.25, 0.3) is 5.91 Å². The zero-order valence-corrected chi connectivity index (χ0v) is 19.6. The van der Waals surface area contributed by atoms with Gasteiger partial charge in [0.1, 0.15) is 5.54 Å². The minimum absolute atomic E-state index is 0.00736. The quantitative estimate of drug-likeness (QED) is 0.748. The van der Waals surface area contributed by atoms with Crippen LogP contribution in [0.2, 0.25) is 0 Å². The molecular weight excluding hydrogens is 388 g/mol. The van der Waals surface area contributed by atoms with Gasteiger partial charge in [0, 0.05) is 32.7 Å². The van der Waals surface area contributed by atoms with E-state index in [9.17, 15) is 9.59 Å². The molecule has 170 valence electrons. The molecule has 1 aromatic rings. The maximum Gasteiger partial charge on any atom is 0.326 e. The van der Waals surface area contributed by atoms with Crippen LogP contribution in [0.5, 0.6) is 0 Å². The van der Waals surface area contributed by atoms with Gasteiger partial charge in [0.2, 0.25) is 0 Å². The first-order valence-electron chi connectivity index (χ1n) is 11.8. The van der Waals surface area contributed by atoms with E-state index in [2.05, 4.69) is 67.1 Å². The van der Waals surface area contributed by atoms with Crippen molar-refractivity contribution in [1.29, 1.82) is 0 Å². The minimum atomic E-state index is -0.661. The van der Waals surface area contributed by atoms with Crippen LogP contribution in [-0.4, -0.2) is 65.0 Å². The lowest BCUT2D eigenvalue weighted by atomic mass is 9.67. The van der Waals surface area contributed by atoms with Gasteiger partial charge in [-0.05, 0) is 49.5 Å². The number of aryl methyl sites for hydroxylation is 1. The Balaban J connectivity index is 1.29. The molecule has 0 atom stereocenters. The highest BCUT2D eigenvalue weighted by Crippen LogP contribution is 2.43. The summed E-state index contributed by atoms with van der Waals surface area (Å²) in [6, 6.07) is 8.46. The van der Waals surface area contributed by atoms with E-state index in [-0.39, 0.29) is 17.4 Å². The number of carbonyl (C=O) groups excluding carboxylic acids is 2. The molecule has 1 saturated carbocycles. The van der Waals surface area contributed by atoms with E-state index in [0.29, 0.717) is 12.6 Å². The number of amides is 3. The Morgan fingerprint density at radius 1 is 1.03 bits per heavy atom. The number of imide groups is 1. The van der Waals surface area contributed by atoms with Gasteiger partial charge in [0.15, 0.2) is 0 Å². The predicted molar refractivity (Wildman–Crippen MR) is 122 cm³/mol. The molecule has 0 radical (unpaired) electrons. The Bertz CT molecular complexity index is 815. The smallest absolute Gasteiger partial charge is 0.323 e. The van der Waals surface area contributed by atoms with E-state index < -0.39 is 5.54 Å². The van der Waals surface area contributed by atoms with E-state index >= 15 is 0 Å². The molecule has 1 aliphatic carbocycles. The van der Waals surface area contributed by atoms with Gasteiger partial charge in [0.05, 0.1) is 6.67 Å². The van der Waals surface area contributed by atoms with Crippen molar-refractivity contribution in [2.75, 3.05) is 32.8 Å². The molecule has 1 aromatic carbocycles. The van der Waals surface area contributed by atoms with Crippen LogP contribution in [0.15, 0.2) is 24.3 Å². The Labute approximate surface area is 187 Å². The molecule has 2 aliphatic heterocycles. The van der Waals surface area contributed by atoms with Crippen LogP contribution in [0.4, 0.5) is 4.79 Å². The number of hydrogen-bond acceptors (Lipinski definition) is 4. The van der Waals surface area contributed by atoms with Crippen molar-refractivity contribution in [3.63, 3.8) is 0 Å². The number of rotatable bonds is 4. The van der Waals surface area contributed by atoms with Crippen LogP contribution in [0.3, 0.4) is 0 Å². The Kier molecular flexibility index (Phi) is 6.14. The first-order valence-corrected chi connectivity index (χ1v) is 11.8. The Morgan fingerprint density at radius 2 is 1.68 bits per heavy atom. The third kappa shape index (κ3) is 4.80. The standard InChI is InChI=1S/C25H38N4O2/c1-19-6-5-7-20(16-19)17-27-12-14-28(15-13-27)18-29-22(30)25(26-23(29)31)10-8-21(9-11-25)24(2,3)4/h5-7,16,21H,8-15,17-18H2,1-4H3,(H,26,31). The fourth-order valence-corrected chi connectivity index (χ4v) is 5.48. The lowest BCUT2D eigenvalue weighted by Gasteiger charge is -2.41. The van der Waals surface area contributed by atoms with Gasteiger partial charge in [-0.2, -0.15) is 0 Å². The highest BCUT2D eigenvalue weighted by Gasteiger charge is 2.53. The summed E-state index contributed by atoms with van der Waals surface area (Å²) in [5.74, 6) is 0.602. The number of piperazine rings is 1. The number of carbonyl (C=O) groups is 2. The van der Waals surface area contributed by atoms with Gasteiger partial charge < -0.3 is 5.32 Å². The van der Waals surface area contributed by atoms with E-state index in [4.69, 9.17) is 0 Å². The summed E-state index contributed by atoms with van der Waals surface area (Å²) in [6.45, 7) is 14.0. The van der Waals surface area contributed by atoms with Gasteiger partial charge in [-0.15, -0.1) is 0 Å². The molecule has 6 nitrogen and oxygen atoms in total. The van der Waals surface area contributed by atoms with Crippen LogP contribution in [-0.2, 0) is 11.3 Å². The molecule has 0 bridgehead atoms. The number of urea groups is 1. The largest absolute Gasteiger partial charge is 0.326 e. The van der Waals surface area contributed by atoms with Crippen molar-refractivity contribution < 1.29 is 9.59 Å². The monoisotopic (exact) mass is 426 g/mol. The fourth-order valence-electron chi connectivity index (χ4n) is 5.48. The number of benzene rings is 1. The highest BCUT2D eigenvalue weighted by atomic mass is 16.2. The Hall–Kier alpha value is -1.92. The van der Waals surface area contributed by atoms with Crippen molar-refractivity contribution in [2.24, 2.45) is 11.3 Å². The van der Waals surface area contributed by atoms with Crippen molar-refractivity contribution in [3.05, 3.63) is 35.4 Å². The first-order chi connectivity index (χ1) is 14.7. The van der Waals surface area contributed by atoms with Crippen molar-refractivity contribution in [1.82, 2.24) is 20.0 Å². The molecule has 2 saturated heterocycles. The summed E-state index contributed by atoms with van der Waals surface area (Å²) >= 11 is 0. The second kappa shape index (κ2) is 8.55. The number of hydrogen-bond donors (Lipinski definition) is 1. The summed E-state index contributed by atoms with van der Waals surface area (Å²) in [5.41, 5.74) is 2.23. The minimum Gasteiger partial charge on any atom is -0.323 e. The fraction of sp³-hybridized carbons (Fsp3) is 0.680. The molecule has 1 N–H and O–H groups in total. The number of nitrogens with one attached hydrogen (secondary N) is 1. The van der Waals surface area contributed by atoms with Gasteiger partial charge in [-0.1, -0.05) is 50.6 Å². The summed E-state index contributed by atoms with van der Waals surface area (Å²) in [7, 11) is 0. The van der Waals surface area contributed by atoms with E-state index in [1.807, 2.05) is 0 Å². The summed E-state index contributed by atoms with van der Waals surface area (Å²) in [5, 5.41) is 3.08. The molecule has 3 fully saturated rings. The molecule has 0 unspecified atom stereocenters. The van der Waals surface area contributed by atoms with Crippen LogP contribution in [0.1, 0.15) is 57.6 Å². The first kappa shape index (κ1) is 22.3. The Morgan fingerprint density at radius 3 is 2.29 bits per heavy atom. The highest BCUT2D eigenvalue weighted by molar-refractivity contribution is 6.07. The maximum atomic E-state index is 13.3. The van der Waals surface area contributed by atoms with Crippen molar-refractivity contribution >= 4 is 11.9 Å². The molecule has 31 heavy (non-hydrogen) atoms. The maximum absolute atomic E-state index is 13.3. The normalized spacial score (nSPS) is 28.4. The van der Waals surface area contributed by atoms with Crippen LogP contribution >= 0.6 is 0 Å². The molecule has 3 aliphatic rings. The molecule has 2 heterocycles. The van der Waals surface area contributed by atoms with Crippen LogP contribution in [0.25, 0.3) is 0 Å². The average Bonchev–Trinajstić information content (AvgIpc) is 2.93. The SMILES string of the molecule is Cc1cccc(CN2CCN(CN3C(=O)NC4(CCC(C(C)(C)C)CC4)C3=O)CC2)c1. The second-order valence-electron chi connectivity index (χ2n) is 10.9. The molecular formula is C25H38N4O2. The summed E-state index contributed by atoms with van der Waals surface area (Å²) < 4.78 is 0. The van der Waals surface area contributed by atoms with E-state index in [0.717, 1.165) is 58.4 Å². The van der Waals surface area contributed by atoms with Crippen LogP contribution < -0.4 is 5.32 Å².